The van der Waals surface area contributed by atoms with Crippen molar-refractivity contribution in [2.45, 2.75) is 52.5 Å². The summed E-state index contributed by atoms with van der Waals surface area (Å²) in [5, 5.41) is 0. The van der Waals surface area contributed by atoms with Crippen molar-refractivity contribution < 1.29 is 4.39 Å². The quantitative estimate of drug-likeness (QED) is 0.761. The minimum absolute atomic E-state index is 0.128. The predicted octanol–water partition coefficient (Wildman–Crippen LogP) is 4.35. The lowest BCUT2D eigenvalue weighted by molar-refractivity contribution is 0.237. The number of aromatic nitrogens is 2. The third-order valence-corrected chi connectivity index (χ3v) is 7.02. The average molecular weight is 394 g/mol. The molecule has 0 bridgehead atoms. The molecule has 0 atom stereocenters. The van der Waals surface area contributed by atoms with Crippen LogP contribution in [-0.2, 0) is 13.0 Å². The first-order valence-corrected chi connectivity index (χ1v) is 10.8. The van der Waals surface area contributed by atoms with Crippen molar-refractivity contribution in [3.05, 3.63) is 47.2 Å². The summed E-state index contributed by atoms with van der Waals surface area (Å²) in [5.41, 5.74) is 3.94. The number of amidine groups is 1. The molecule has 3 aliphatic heterocycles. The molecule has 3 aliphatic rings. The second-order valence-corrected chi connectivity index (χ2v) is 8.81. The van der Waals surface area contributed by atoms with Crippen molar-refractivity contribution in [1.82, 2.24) is 9.97 Å². The van der Waals surface area contributed by atoms with Crippen molar-refractivity contribution in [3.8, 4) is 0 Å². The van der Waals surface area contributed by atoms with Gasteiger partial charge < -0.3 is 9.80 Å². The Hall–Kier alpha value is -2.50. The number of nitrogens with zero attached hydrogens (tertiary/aromatic N) is 5. The van der Waals surface area contributed by atoms with Gasteiger partial charge in [-0.2, -0.15) is 0 Å². The molecule has 1 saturated heterocycles. The van der Waals surface area contributed by atoms with Gasteiger partial charge in [-0.3, -0.25) is 4.99 Å². The van der Waals surface area contributed by atoms with Crippen LogP contribution in [0.2, 0.25) is 0 Å². The lowest BCUT2D eigenvalue weighted by atomic mass is 9.78. The third kappa shape index (κ3) is 3.18. The Morgan fingerprint density at radius 2 is 2.00 bits per heavy atom. The van der Waals surface area contributed by atoms with Gasteiger partial charge in [0.25, 0.3) is 0 Å². The van der Waals surface area contributed by atoms with Crippen LogP contribution in [0.15, 0.2) is 29.4 Å². The van der Waals surface area contributed by atoms with Crippen molar-refractivity contribution in [3.63, 3.8) is 0 Å². The van der Waals surface area contributed by atoms with E-state index in [-0.39, 0.29) is 5.82 Å². The van der Waals surface area contributed by atoms with Gasteiger partial charge in [-0.05, 0) is 43.2 Å². The van der Waals surface area contributed by atoms with Crippen molar-refractivity contribution in [2.75, 3.05) is 29.4 Å². The Bertz CT molecular complexity index is 962. The molecule has 0 radical (unpaired) electrons. The highest BCUT2D eigenvalue weighted by molar-refractivity contribution is 6.11. The summed E-state index contributed by atoms with van der Waals surface area (Å²) >= 11 is 0. The van der Waals surface area contributed by atoms with E-state index in [0.717, 1.165) is 66.8 Å². The number of halogens is 1. The molecule has 6 heteroatoms. The van der Waals surface area contributed by atoms with Gasteiger partial charge in [0, 0.05) is 30.9 Å². The van der Waals surface area contributed by atoms with E-state index in [4.69, 9.17) is 15.0 Å². The van der Waals surface area contributed by atoms with Gasteiger partial charge in [-0.25, -0.2) is 14.4 Å². The summed E-state index contributed by atoms with van der Waals surface area (Å²) in [7, 11) is 0. The molecular weight excluding hydrogens is 365 g/mol. The van der Waals surface area contributed by atoms with Crippen molar-refractivity contribution in [1.29, 1.82) is 0 Å². The van der Waals surface area contributed by atoms with E-state index in [1.165, 1.54) is 19.3 Å². The second kappa shape index (κ2) is 7.08. The van der Waals surface area contributed by atoms with Gasteiger partial charge in [0.2, 0.25) is 0 Å². The number of hydrogen-bond donors (Lipinski definition) is 0. The molecule has 2 aromatic rings. The molecule has 0 N–H and O–H groups in total. The number of hydrogen-bond acceptors (Lipinski definition) is 5. The molecule has 0 saturated carbocycles. The van der Waals surface area contributed by atoms with Crippen LogP contribution in [0, 0.1) is 11.2 Å². The van der Waals surface area contributed by atoms with Crippen LogP contribution < -0.4 is 9.80 Å². The molecule has 1 fully saturated rings. The van der Waals surface area contributed by atoms with Gasteiger partial charge in [-0.1, -0.05) is 26.3 Å². The zero-order chi connectivity index (χ0) is 20.0. The molecule has 0 amide bonds. The molecule has 0 spiro atoms. The standard InChI is InChI=1S/C23H28FN5/c1-3-23(2)9-12-28(13-10-23)20-15-25-21-18(27-20)14-26-22(21)29-11-5-6-16-17(24)7-4-8-19(16)29/h4,7-8,15H,3,5-6,9-14H2,1-2H3. The minimum atomic E-state index is -0.128. The number of piperidine rings is 1. The molecule has 5 rings (SSSR count). The predicted molar refractivity (Wildman–Crippen MR) is 114 cm³/mol. The van der Waals surface area contributed by atoms with E-state index in [1.807, 2.05) is 12.3 Å². The highest BCUT2D eigenvalue weighted by Gasteiger charge is 2.32. The number of aliphatic imine (C=N–C) groups is 1. The molecule has 29 heavy (non-hydrogen) atoms. The molecule has 0 unspecified atom stereocenters. The lowest BCUT2D eigenvalue weighted by Gasteiger charge is -2.39. The highest BCUT2D eigenvalue weighted by atomic mass is 19.1. The number of fused-ring (bicyclic) bond motifs is 2. The maximum atomic E-state index is 14.3. The topological polar surface area (TPSA) is 44.6 Å². The molecule has 152 valence electrons. The third-order valence-electron chi connectivity index (χ3n) is 7.02. The van der Waals surface area contributed by atoms with Crippen molar-refractivity contribution in [2.24, 2.45) is 10.4 Å². The van der Waals surface area contributed by atoms with Crippen LogP contribution in [0.25, 0.3) is 0 Å². The first-order chi connectivity index (χ1) is 14.1. The van der Waals surface area contributed by atoms with E-state index in [9.17, 15) is 4.39 Å². The van der Waals surface area contributed by atoms with E-state index in [2.05, 4.69) is 23.6 Å². The molecule has 0 aliphatic carbocycles. The van der Waals surface area contributed by atoms with E-state index < -0.39 is 0 Å². The summed E-state index contributed by atoms with van der Waals surface area (Å²) in [6, 6.07) is 5.30. The molecular formula is C23H28FN5. The summed E-state index contributed by atoms with van der Waals surface area (Å²) in [6.45, 7) is 8.12. The maximum absolute atomic E-state index is 14.3. The minimum Gasteiger partial charge on any atom is -0.355 e. The smallest absolute Gasteiger partial charge is 0.156 e. The van der Waals surface area contributed by atoms with Crippen LogP contribution >= 0.6 is 0 Å². The fraction of sp³-hybridized carbons (Fsp3) is 0.522. The Labute approximate surface area is 171 Å². The van der Waals surface area contributed by atoms with Gasteiger partial charge in [0.05, 0.1) is 18.4 Å². The van der Waals surface area contributed by atoms with Gasteiger partial charge >= 0.3 is 0 Å². The summed E-state index contributed by atoms with van der Waals surface area (Å²) in [6.07, 6.45) is 7.20. The zero-order valence-electron chi connectivity index (χ0n) is 17.3. The van der Waals surface area contributed by atoms with Crippen LogP contribution in [-0.4, -0.2) is 35.4 Å². The SMILES string of the molecule is CCC1(C)CCN(c2cnc3c(n2)CN=C3N2CCCc3c(F)cccc32)CC1. The summed E-state index contributed by atoms with van der Waals surface area (Å²) in [4.78, 5) is 18.9. The van der Waals surface area contributed by atoms with Crippen LogP contribution in [0.4, 0.5) is 15.9 Å². The molecule has 4 heterocycles. The number of anilines is 2. The maximum Gasteiger partial charge on any atom is 0.156 e. The lowest BCUT2D eigenvalue weighted by Crippen LogP contribution is -2.39. The van der Waals surface area contributed by atoms with Crippen LogP contribution in [0.5, 0.6) is 0 Å². The fourth-order valence-corrected chi connectivity index (χ4v) is 4.74. The Morgan fingerprint density at radius 3 is 2.79 bits per heavy atom. The van der Waals surface area contributed by atoms with Crippen molar-refractivity contribution >= 4 is 17.3 Å². The second-order valence-electron chi connectivity index (χ2n) is 8.81. The highest BCUT2D eigenvalue weighted by Crippen LogP contribution is 2.36. The van der Waals surface area contributed by atoms with E-state index >= 15 is 0 Å². The van der Waals surface area contributed by atoms with Gasteiger partial charge in [0.15, 0.2) is 5.84 Å². The molecule has 1 aromatic carbocycles. The fourth-order valence-electron chi connectivity index (χ4n) is 4.74. The van der Waals surface area contributed by atoms with Gasteiger partial charge in [0.1, 0.15) is 17.3 Å². The van der Waals surface area contributed by atoms with Crippen LogP contribution in [0.1, 0.15) is 56.5 Å². The van der Waals surface area contributed by atoms with E-state index in [0.29, 0.717) is 12.0 Å². The Morgan fingerprint density at radius 1 is 1.17 bits per heavy atom. The number of rotatable bonds is 2. The first kappa shape index (κ1) is 18.5. The number of benzene rings is 1. The normalized spacial score (nSPS) is 20.3. The molecule has 1 aromatic heterocycles. The van der Waals surface area contributed by atoms with Gasteiger partial charge in [-0.15, -0.1) is 0 Å². The largest absolute Gasteiger partial charge is 0.355 e. The molecule has 5 nitrogen and oxygen atoms in total. The van der Waals surface area contributed by atoms with E-state index in [1.54, 1.807) is 12.1 Å². The zero-order valence-corrected chi connectivity index (χ0v) is 17.3. The monoisotopic (exact) mass is 393 g/mol. The average Bonchev–Trinajstić information content (AvgIpc) is 3.17. The Balaban J connectivity index is 1.39. The summed E-state index contributed by atoms with van der Waals surface area (Å²) < 4.78 is 14.3. The van der Waals surface area contributed by atoms with Crippen LogP contribution in [0.3, 0.4) is 0 Å². The first-order valence-electron chi connectivity index (χ1n) is 10.8. The summed E-state index contributed by atoms with van der Waals surface area (Å²) in [5.74, 6) is 1.67. The Kier molecular flexibility index (Phi) is 4.52.